The van der Waals surface area contributed by atoms with Crippen molar-refractivity contribution < 1.29 is 14.3 Å². The minimum Gasteiger partial charge on any atom is -0.497 e. The van der Waals surface area contributed by atoms with Crippen LogP contribution in [0, 0.1) is 0 Å². The van der Waals surface area contributed by atoms with Crippen molar-refractivity contribution in [3.8, 4) is 5.75 Å². The van der Waals surface area contributed by atoms with E-state index in [0.717, 1.165) is 29.9 Å². The van der Waals surface area contributed by atoms with E-state index in [1.54, 1.807) is 18.6 Å². The number of hydrogen-bond donors (Lipinski definition) is 0. The van der Waals surface area contributed by atoms with E-state index in [1.165, 1.54) is 18.4 Å². The molecule has 0 fully saturated rings. The molecule has 1 aliphatic rings. The summed E-state index contributed by atoms with van der Waals surface area (Å²) in [6.07, 6.45) is 1.87. The lowest BCUT2D eigenvalue weighted by molar-refractivity contribution is -0.136. The smallest absolute Gasteiger partial charge is 0.338 e. The SMILES string of the molecule is CCN(CC)c1ccc(/C=c2/sc3n(c2=O)[C@@H](c2ccc(OC)cc2)C(C(=O)OC)=C(C)N=3)cc1. The number of esters is 1. The molecule has 3 aromatic rings. The van der Waals surface area contributed by atoms with E-state index in [2.05, 4.69) is 35.9 Å². The van der Waals surface area contributed by atoms with E-state index in [9.17, 15) is 9.59 Å². The van der Waals surface area contributed by atoms with Gasteiger partial charge in [0.25, 0.3) is 5.56 Å². The molecule has 2 aromatic carbocycles. The van der Waals surface area contributed by atoms with Crippen LogP contribution in [0.15, 0.2) is 69.6 Å². The quantitative estimate of drug-likeness (QED) is 0.475. The Hall–Kier alpha value is -3.65. The van der Waals surface area contributed by atoms with Crippen LogP contribution in [0.2, 0.25) is 0 Å². The first-order chi connectivity index (χ1) is 16.9. The van der Waals surface area contributed by atoms with Crippen LogP contribution < -0.4 is 24.5 Å². The molecule has 4 rings (SSSR count). The summed E-state index contributed by atoms with van der Waals surface area (Å²) in [7, 11) is 2.93. The van der Waals surface area contributed by atoms with Crippen LogP contribution in [0.4, 0.5) is 5.69 Å². The Morgan fingerprint density at radius 3 is 2.31 bits per heavy atom. The molecule has 0 saturated carbocycles. The highest BCUT2D eigenvalue weighted by Gasteiger charge is 2.33. The molecule has 0 radical (unpaired) electrons. The molecule has 182 valence electrons. The number of thiazole rings is 1. The van der Waals surface area contributed by atoms with Crippen molar-refractivity contribution in [2.24, 2.45) is 4.99 Å². The molecule has 1 aromatic heterocycles. The molecule has 0 bridgehead atoms. The van der Waals surface area contributed by atoms with Gasteiger partial charge in [0.2, 0.25) is 0 Å². The van der Waals surface area contributed by atoms with Crippen molar-refractivity contribution in [2.45, 2.75) is 26.8 Å². The zero-order valence-electron chi connectivity index (χ0n) is 20.6. The number of carbonyl (C=O) groups is 1. The fraction of sp³-hybridized carbons (Fsp3) is 0.296. The van der Waals surface area contributed by atoms with Crippen molar-refractivity contribution in [3.63, 3.8) is 0 Å². The second kappa shape index (κ2) is 10.3. The lowest BCUT2D eigenvalue weighted by atomic mass is 9.96. The van der Waals surface area contributed by atoms with Gasteiger partial charge in [-0.25, -0.2) is 9.79 Å². The summed E-state index contributed by atoms with van der Waals surface area (Å²) in [5.74, 6) is 0.183. The normalized spacial score (nSPS) is 15.5. The Labute approximate surface area is 208 Å². The number of rotatable bonds is 7. The van der Waals surface area contributed by atoms with Gasteiger partial charge < -0.3 is 14.4 Å². The van der Waals surface area contributed by atoms with Crippen LogP contribution in [0.25, 0.3) is 6.08 Å². The van der Waals surface area contributed by atoms with Crippen LogP contribution >= 0.6 is 11.3 Å². The number of benzene rings is 2. The standard InChI is InChI=1S/C27H29N3O4S/c1-6-29(7-2)20-12-8-18(9-13-20)16-22-25(31)30-24(19-10-14-21(33-4)15-11-19)23(26(32)34-5)17(3)28-27(30)35-22/h8-16,24H,6-7H2,1-5H3/b22-16+/t24-/m0/s1. The van der Waals surface area contributed by atoms with Crippen molar-refractivity contribution in [1.82, 2.24) is 4.57 Å². The maximum atomic E-state index is 13.6. The number of anilines is 1. The van der Waals surface area contributed by atoms with Gasteiger partial charge in [-0.1, -0.05) is 35.6 Å². The Bertz CT molecular complexity index is 1430. The molecular formula is C27H29N3O4S. The molecule has 1 atom stereocenters. The van der Waals surface area contributed by atoms with Gasteiger partial charge >= 0.3 is 5.97 Å². The van der Waals surface area contributed by atoms with Crippen molar-refractivity contribution in [3.05, 3.63) is 90.6 Å². The average molecular weight is 492 g/mol. The van der Waals surface area contributed by atoms with E-state index in [1.807, 2.05) is 42.5 Å². The molecule has 0 aliphatic carbocycles. The Kier molecular flexibility index (Phi) is 7.21. The number of aromatic nitrogens is 1. The minimum atomic E-state index is -0.642. The number of allylic oxidation sites excluding steroid dienone is 1. The molecule has 35 heavy (non-hydrogen) atoms. The first-order valence-electron chi connectivity index (χ1n) is 11.5. The van der Waals surface area contributed by atoms with Crippen molar-refractivity contribution in [2.75, 3.05) is 32.2 Å². The van der Waals surface area contributed by atoms with E-state index >= 15 is 0 Å². The van der Waals surface area contributed by atoms with E-state index in [4.69, 9.17) is 9.47 Å². The second-order valence-corrected chi connectivity index (χ2v) is 9.12. The lowest BCUT2D eigenvalue weighted by Gasteiger charge is -2.24. The van der Waals surface area contributed by atoms with Crippen LogP contribution in [0.5, 0.6) is 5.75 Å². The third kappa shape index (κ3) is 4.66. The summed E-state index contributed by atoms with van der Waals surface area (Å²) in [5, 5.41) is 0. The average Bonchev–Trinajstić information content (AvgIpc) is 3.18. The Balaban J connectivity index is 1.85. The van der Waals surface area contributed by atoms with Gasteiger partial charge in [0.05, 0.1) is 36.1 Å². The van der Waals surface area contributed by atoms with Crippen LogP contribution in [-0.4, -0.2) is 37.8 Å². The maximum Gasteiger partial charge on any atom is 0.338 e. The van der Waals surface area contributed by atoms with Crippen LogP contribution in [-0.2, 0) is 9.53 Å². The van der Waals surface area contributed by atoms with Gasteiger partial charge in [-0.3, -0.25) is 9.36 Å². The van der Waals surface area contributed by atoms with Crippen molar-refractivity contribution in [1.29, 1.82) is 0 Å². The van der Waals surface area contributed by atoms with Gasteiger partial charge in [0, 0.05) is 18.8 Å². The largest absolute Gasteiger partial charge is 0.497 e. The summed E-state index contributed by atoms with van der Waals surface area (Å²) in [6, 6.07) is 14.8. The molecule has 7 nitrogen and oxygen atoms in total. The molecule has 0 N–H and O–H groups in total. The number of hydrogen-bond acceptors (Lipinski definition) is 7. The molecular weight excluding hydrogens is 462 g/mol. The molecule has 1 aliphatic heterocycles. The van der Waals surface area contributed by atoms with E-state index < -0.39 is 12.0 Å². The first-order valence-corrected chi connectivity index (χ1v) is 12.3. The monoisotopic (exact) mass is 491 g/mol. The van der Waals surface area contributed by atoms with Gasteiger partial charge in [-0.2, -0.15) is 0 Å². The number of ether oxygens (including phenoxy) is 2. The molecule has 0 saturated heterocycles. The fourth-order valence-corrected chi connectivity index (χ4v) is 5.36. The molecule has 0 unspecified atom stereocenters. The van der Waals surface area contributed by atoms with Crippen LogP contribution in [0.1, 0.15) is 37.9 Å². The Morgan fingerprint density at radius 2 is 1.74 bits per heavy atom. The zero-order chi connectivity index (χ0) is 25.1. The minimum absolute atomic E-state index is 0.198. The third-order valence-corrected chi connectivity index (χ3v) is 7.16. The summed E-state index contributed by atoms with van der Waals surface area (Å²) in [6.45, 7) is 7.89. The maximum absolute atomic E-state index is 13.6. The number of nitrogens with zero attached hydrogens (tertiary/aromatic N) is 3. The summed E-state index contributed by atoms with van der Waals surface area (Å²) < 4.78 is 12.5. The zero-order valence-corrected chi connectivity index (χ0v) is 21.4. The summed E-state index contributed by atoms with van der Waals surface area (Å²) in [4.78, 5) is 33.8. The molecule has 0 spiro atoms. The third-order valence-electron chi connectivity index (χ3n) is 6.18. The van der Waals surface area contributed by atoms with E-state index in [-0.39, 0.29) is 5.56 Å². The van der Waals surface area contributed by atoms with Gasteiger partial charge in [0.15, 0.2) is 4.80 Å². The molecule has 0 amide bonds. The first kappa shape index (κ1) is 24.5. The molecule has 8 heteroatoms. The summed E-state index contributed by atoms with van der Waals surface area (Å²) in [5.41, 5.74) is 3.53. The van der Waals surface area contributed by atoms with Crippen molar-refractivity contribution >= 4 is 29.1 Å². The second-order valence-electron chi connectivity index (χ2n) is 8.11. The fourth-order valence-electron chi connectivity index (χ4n) is 4.32. The van der Waals surface area contributed by atoms with Gasteiger partial charge in [-0.05, 0) is 62.2 Å². The van der Waals surface area contributed by atoms with Gasteiger partial charge in [-0.15, -0.1) is 0 Å². The number of fused-ring (bicyclic) bond motifs is 1. The lowest BCUT2D eigenvalue weighted by Crippen LogP contribution is -2.39. The predicted octanol–water partition coefficient (Wildman–Crippen LogP) is 3.26. The number of methoxy groups -OCH3 is 2. The Morgan fingerprint density at radius 1 is 1.09 bits per heavy atom. The summed E-state index contributed by atoms with van der Waals surface area (Å²) >= 11 is 1.31. The highest BCUT2D eigenvalue weighted by molar-refractivity contribution is 7.07. The van der Waals surface area contributed by atoms with Crippen LogP contribution in [0.3, 0.4) is 0 Å². The van der Waals surface area contributed by atoms with E-state index in [0.29, 0.717) is 26.4 Å². The molecule has 2 heterocycles. The topological polar surface area (TPSA) is 73.1 Å². The highest BCUT2D eigenvalue weighted by atomic mass is 32.1. The van der Waals surface area contributed by atoms with Gasteiger partial charge in [0.1, 0.15) is 5.75 Å². The highest BCUT2D eigenvalue weighted by Crippen LogP contribution is 2.31. The predicted molar refractivity (Wildman–Crippen MR) is 139 cm³/mol. The number of carbonyl (C=O) groups excluding carboxylic acids is 1.